The molecule has 2 aromatic rings. The fourth-order valence-electron chi connectivity index (χ4n) is 2.84. The number of nitrogens with one attached hydrogen (secondary N) is 1. The summed E-state index contributed by atoms with van der Waals surface area (Å²) in [7, 11) is 0. The first-order chi connectivity index (χ1) is 11.9. The van der Waals surface area contributed by atoms with Crippen LogP contribution < -0.4 is 10.1 Å². The third-order valence-electron chi connectivity index (χ3n) is 4.31. The number of halogens is 1. The molecule has 0 aromatic heterocycles. The fraction of sp³-hybridized carbons (Fsp3) is 0.429. The minimum Gasteiger partial charge on any atom is -0.491 e. The van der Waals surface area contributed by atoms with Gasteiger partial charge in [0.2, 0.25) is 0 Å². The van der Waals surface area contributed by atoms with E-state index in [9.17, 15) is 5.11 Å². The summed E-state index contributed by atoms with van der Waals surface area (Å²) in [5, 5.41) is 14.2. The highest BCUT2D eigenvalue weighted by Gasteiger charge is 2.11. The molecule has 2 aromatic carbocycles. The average molecular weight is 362 g/mol. The minimum absolute atomic E-state index is 0.112. The fourth-order valence-corrected chi connectivity index (χ4v) is 3.04. The lowest BCUT2D eigenvalue weighted by Gasteiger charge is -2.18. The SMILES string of the molecule is Cc1cc(OCC(O)CNC(C)c2cccc(Cl)c2)ccc1C(C)C. The molecule has 0 aliphatic carbocycles. The van der Waals surface area contributed by atoms with E-state index in [0.29, 0.717) is 12.5 Å². The number of hydrogen-bond acceptors (Lipinski definition) is 3. The quantitative estimate of drug-likeness (QED) is 0.705. The van der Waals surface area contributed by atoms with Crippen LogP contribution in [0.1, 0.15) is 49.4 Å². The van der Waals surface area contributed by atoms with E-state index in [0.717, 1.165) is 16.3 Å². The molecule has 2 atom stereocenters. The van der Waals surface area contributed by atoms with Gasteiger partial charge in [-0.25, -0.2) is 0 Å². The van der Waals surface area contributed by atoms with Crippen LogP contribution in [-0.2, 0) is 0 Å². The first-order valence-corrected chi connectivity index (χ1v) is 9.15. The maximum absolute atomic E-state index is 10.2. The molecule has 0 aliphatic heterocycles. The van der Waals surface area contributed by atoms with Crippen LogP contribution in [0.25, 0.3) is 0 Å². The van der Waals surface area contributed by atoms with Gasteiger partial charge in [-0.15, -0.1) is 0 Å². The van der Waals surface area contributed by atoms with Crippen LogP contribution in [0, 0.1) is 6.92 Å². The van der Waals surface area contributed by atoms with E-state index in [1.54, 1.807) is 0 Å². The van der Waals surface area contributed by atoms with Crippen LogP contribution in [0.5, 0.6) is 5.75 Å². The van der Waals surface area contributed by atoms with Gasteiger partial charge in [-0.05, 0) is 60.7 Å². The summed E-state index contributed by atoms with van der Waals surface area (Å²) in [5.74, 6) is 1.29. The monoisotopic (exact) mass is 361 g/mol. The molecule has 136 valence electrons. The average Bonchev–Trinajstić information content (AvgIpc) is 2.57. The highest BCUT2D eigenvalue weighted by molar-refractivity contribution is 6.30. The van der Waals surface area contributed by atoms with Crippen molar-refractivity contribution in [2.45, 2.75) is 45.8 Å². The molecule has 0 aliphatic rings. The van der Waals surface area contributed by atoms with E-state index < -0.39 is 6.10 Å². The van der Waals surface area contributed by atoms with Gasteiger partial charge in [-0.2, -0.15) is 0 Å². The molecule has 0 bridgehead atoms. The van der Waals surface area contributed by atoms with E-state index in [-0.39, 0.29) is 12.6 Å². The molecule has 0 radical (unpaired) electrons. The van der Waals surface area contributed by atoms with Crippen LogP contribution in [0.2, 0.25) is 5.02 Å². The van der Waals surface area contributed by atoms with E-state index in [2.05, 4.69) is 32.2 Å². The zero-order chi connectivity index (χ0) is 18.4. The Labute approximate surface area is 156 Å². The minimum atomic E-state index is -0.577. The van der Waals surface area contributed by atoms with Crippen LogP contribution in [0.4, 0.5) is 0 Å². The number of aliphatic hydroxyl groups excluding tert-OH is 1. The second-order valence-electron chi connectivity index (χ2n) is 6.82. The maximum Gasteiger partial charge on any atom is 0.119 e. The van der Waals surface area contributed by atoms with Gasteiger partial charge in [0.15, 0.2) is 0 Å². The van der Waals surface area contributed by atoms with Crippen molar-refractivity contribution in [2.75, 3.05) is 13.2 Å². The molecule has 0 fully saturated rings. The van der Waals surface area contributed by atoms with Crippen molar-refractivity contribution >= 4 is 11.6 Å². The zero-order valence-electron chi connectivity index (χ0n) is 15.4. The summed E-state index contributed by atoms with van der Waals surface area (Å²) in [6.07, 6.45) is -0.577. The Kier molecular flexibility index (Phi) is 7.30. The highest BCUT2D eigenvalue weighted by Crippen LogP contribution is 2.23. The molecule has 3 nitrogen and oxygen atoms in total. The molecule has 0 saturated carbocycles. The predicted molar refractivity (Wildman–Crippen MR) is 105 cm³/mol. The molecular weight excluding hydrogens is 334 g/mol. The summed E-state index contributed by atoms with van der Waals surface area (Å²) in [4.78, 5) is 0. The van der Waals surface area contributed by atoms with Crippen molar-refractivity contribution < 1.29 is 9.84 Å². The Morgan fingerprint density at radius 3 is 2.52 bits per heavy atom. The normalized spacial score (nSPS) is 13.7. The Balaban J connectivity index is 1.80. The molecule has 2 rings (SSSR count). The van der Waals surface area contributed by atoms with Crippen molar-refractivity contribution in [3.63, 3.8) is 0 Å². The second-order valence-corrected chi connectivity index (χ2v) is 7.26. The topological polar surface area (TPSA) is 41.5 Å². The summed E-state index contributed by atoms with van der Waals surface area (Å²) >= 11 is 6.02. The molecule has 0 amide bonds. The lowest BCUT2D eigenvalue weighted by molar-refractivity contribution is 0.104. The molecule has 0 heterocycles. The van der Waals surface area contributed by atoms with E-state index in [4.69, 9.17) is 16.3 Å². The number of aliphatic hydroxyl groups is 1. The second kappa shape index (κ2) is 9.23. The summed E-state index contributed by atoms with van der Waals surface area (Å²) in [6.45, 7) is 9.21. The van der Waals surface area contributed by atoms with Crippen molar-refractivity contribution in [3.8, 4) is 5.75 Å². The number of hydrogen-bond donors (Lipinski definition) is 2. The van der Waals surface area contributed by atoms with Crippen LogP contribution in [-0.4, -0.2) is 24.4 Å². The third kappa shape index (κ3) is 6.03. The van der Waals surface area contributed by atoms with Gasteiger partial charge < -0.3 is 15.2 Å². The van der Waals surface area contributed by atoms with Crippen LogP contribution >= 0.6 is 11.6 Å². The number of benzene rings is 2. The maximum atomic E-state index is 10.2. The largest absolute Gasteiger partial charge is 0.491 e. The van der Waals surface area contributed by atoms with Gasteiger partial charge in [0, 0.05) is 17.6 Å². The first-order valence-electron chi connectivity index (χ1n) is 8.77. The molecule has 0 saturated heterocycles. The Morgan fingerprint density at radius 2 is 1.88 bits per heavy atom. The smallest absolute Gasteiger partial charge is 0.119 e. The van der Waals surface area contributed by atoms with Crippen molar-refractivity contribution in [1.29, 1.82) is 0 Å². The molecule has 2 N–H and O–H groups in total. The predicted octanol–water partition coefficient (Wildman–Crippen LogP) is 4.86. The summed E-state index contributed by atoms with van der Waals surface area (Å²) < 4.78 is 5.73. The molecule has 0 spiro atoms. The van der Waals surface area contributed by atoms with Crippen LogP contribution in [0.15, 0.2) is 42.5 Å². The lowest BCUT2D eigenvalue weighted by Crippen LogP contribution is -2.33. The first kappa shape index (κ1) is 19.8. The number of ether oxygens (including phenoxy) is 1. The van der Waals surface area contributed by atoms with Crippen molar-refractivity contribution in [1.82, 2.24) is 5.32 Å². The molecular formula is C21H28ClNO2. The van der Waals surface area contributed by atoms with E-state index in [1.165, 1.54) is 11.1 Å². The van der Waals surface area contributed by atoms with E-state index >= 15 is 0 Å². The Bertz CT molecular complexity index is 687. The molecule has 25 heavy (non-hydrogen) atoms. The Morgan fingerprint density at radius 1 is 1.12 bits per heavy atom. The highest BCUT2D eigenvalue weighted by atomic mass is 35.5. The van der Waals surface area contributed by atoms with Gasteiger partial charge in [0.05, 0.1) is 0 Å². The number of rotatable bonds is 8. The van der Waals surface area contributed by atoms with Crippen molar-refractivity contribution in [3.05, 3.63) is 64.2 Å². The zero-order valence-corrected chi connectivity index (χ0v) is 16.2. The van der Waals surface area contributed by atoms with Gasteiger partial charge >= 0.3 is 0 Å². The van der Waals surface area contributed by atoms with Gasteiger partial charge in [-0.1, -0.05) is 43.6 Å². The van der Waals surface area contributed by atoms with Gasteiger partial charge in [0.25, 0.3) is 0 Å². The summed E-state index contributed by atoms with van der Waals surface area (Å²) in [6, 6.07) is 13.9. The van der Waals surface area contributed by atoms with Gasteiger partial charge in [-0.3, -0.25) is 0 Å². The Hall–Kier alpha value is -1.55. The van der Waals surface area contributed by atoms with Gasteiger partial charge in [0.1, 0.15) is 18.5 Å². The van der Waals surface area contributed by atoms with Crippen LogP contribution in [0.3, 0.4) is 0 Å². The molecule has 2 unspecified atom stereocenters. The summed E-state index contributed by atoms with van der Waals surface area (Å²) in [5.41, 5.74) is 3.64. The van der Waals surface area contributed by atoms with E-state index in [1.807, 2.05) is 43.3 Å². The van der Waals surface area contributed by atoms with Crippen molar-refractivity contribution in [2.24, 2.45) is 0 Å². The number of aryl methyl sites for hydroxylation is 1. The molecule has 4 heteroatoms. The standard InChI is InChI=1S/C21H28ClNO2/c1-14(2)21-9-8-20(10-15(21)3)25-13-19(24)12-23-16(4)17-6-5-7-18(22)11-17/h5-11,14,16,19,23-24H,12-13H2,1-4H3. The third-order valence-corrected chi connectivity index (χ3v) is 4.55. The lowest BCUT2D eigenvalue weighted by atomic mass is 9.98.